The van der Waals surface area contributed by atoms with Crippen LogP contribution in [0.15, 0.2) is 52.9 Å². The van der Waals surface area contributed by atoms with E-state index in [0.29, 0.717) is 49.4 Å². The molecule has 3 aliphatic carbocycles. The lowest BCUT2D eigenvalue weighted by atomic mass is 9.68. The van der Waals surface area contributed by atoms with Gasteiger partial charge in [0.05, 0.1) is 33.9 Å². The molecule has 0 saturated heterocycles. The molecule has 8 atom stereocenters. The van der Waals surface area contributed by atoms with Gasteiger partial charge in [0, 0.05) is 62.1 Å². The lowest BCUT2D eigenvalue weighted by Crippen LogP contribution is -2.49. The molecule has 270 valence electrons. The highest BCUT2D eigenvalue weighted by Gasteiger charge is 2.44. The van der Waals surface area contributed by atoms with Crippen molar-refractivity contribution in [3.8, 4) is 5.75 Å². The molecule has 8 nitrogen and oxygen atoms in total. The van der Waals surface area contributed by atoms with Crippen LogP contribution >= 0.6 is 11.6 Å². The van der Waals surface area contributed by atoms with Crippen molar-refractivity contribution in [2.24, 2.45) is 34.0 Å². The summed E-state index contributed by atoms with van der Waals surface area (Å²) in [4.78, 5) is 29.7. The van der Waals surface area contributed by atoms with Gasteiger partial charge in [0.2, 0.25) is 0 Å². The number of rotatable bonds is 7. The minimum absolute atomic E-state index is 0.0230. The van der Waals surface area contributed by atoms with E-state index in [9.17, 15) is 13.8 Å². The molecule has 0 radical (unpaired) electrons. The normalized spacial score (nSPS) is 34.3. The Bertz CT molecular complexity index is 1770. The fourth-order valence-electron chi connectivity index (χ4n) is 9.05. The first-order chi connectivity index (χ1) is 24.1. The molecule has 1 amide bonds. The molecule has 2 aromatic rings. The van der Waals surface area contributed by atoms with E-state index in [2.05, 4.69) is 33.5 Å². The van der Waals surface area contributed by atoms with Crippen molar-refractivity contribution in [1.29, 1.82) is 0 Å². The molecule has 2 bridgehead atoms. The smallest absolute Gasteiger partial charge is 0.285 e. The number of amides is 1. The van der Waals surface area contributed by atoms with Crippen LogP contribution in [-0.2, 0) is 35.8 Å². The summed E-state index contributed by atoms with van der Waals surface area (Å²) < 4.78 is 37.0. The molecule has 7 rings (SSSR count). The summed E-state index contributed by atoms with van der Waals surface area (Å²) in [5, 5.41) is 0.752. The van der Waals surface area contributed by atoms with Gasteiger partial charge in [0.1, 0.15) is 11.5 Å². The first kappa shape index (κ1) is 35.7. The number of anilines is 1. The molecular weight excluding hydrogens is 672 g/mol. The number of halogens is 1. The second-order valence-electron chi connectivity index (χ2n) is 15.7. The molecule has 2 aliphatic heterocycles. The van der Waals surface area contributed by atoms with Crippen LogP contribution in [-0.4, -0.2) is 74.0 Å². The van der Waals surface area contributed by atoms with E-state index in [1.807, 2.05) is 25.1 Å². The zero-order valence-electron chi connectivity index (χ0n) is 29.6. The minimum atomic E-state index is -3.17. The summed E-state index contributed by atoms with van der Waals surface area (Å²) >= 11 is 6.46. The molecular formula is C40H51ClN2O6S. The van der Waals surface area contributed by atoms with Gasteiger partial charge in [0.25, 0.3) is 5.91 Å². The van der Waals surface area contributed by atoms with Crippen molar-refractivity contribution in [2.75, 3.05) is 56.9 Å². The molecule has 0 aromatic heterocycles. The Kier molecular flexibility index (Phi) is 10.5. The summed E-state index contributed by atoms with van der Waals surface area (Å²) in [6.07, 6.45) is 11.5. The maximum absolute atomic E-state index is 14.5. The summed E-state index contributed by atoms with van der Waals surface area (Å²) in [5.41, 5.74) is 3.57. The number of ether oxygens (including phenoxy) is 3. The number of nitrogens with zero attached hydrogens (tertiary/aromatic N) is 2. The van der Waals surface area contributed by atoms with E-state index in [-0.39, 0.29) is 40.6 Å². The van der Waals surface area contributed by atoms with Gasteiger partial charge >= 0.3 is 0 Å². The lowest BCUT2D eigenvalue weighted by molar-refractivity contribution is -0.117. The minimum Gasteiger partial charge on any atom is -0.490 e. The Morgan fingerprint density at radius 1 is 1.16 bits per heavy atom. The van der Waals surface area contributed by atoms with E-state index in [1.54, 1.807) is 20.3 Å². The van der Waals surface area contributed by atoms with Crippen LogP contribution in [0, 0.1) is 29.6 Å². The third kappa shape index (κ3) is 7.57. The Morgan fingerprint density at radius 2 is 2.02 bits per heavy atom. The third-order valence-electron chi connectivity index (χ3n) is 11.9. The first-order valence-electron chi connectivity index (χ1n) is 18.4. The van der Waals surface area contributed by atoms with Crippen LogP contribution in [0.2, 0.25) is 5.02 Å². The SMILES string of the molecule is COC[C@H]1C[C@H]1CC(=O)C[S@@]1(=O)=NC(=O)c2ccc3c(c2)N(C[C@@H]2CC[C@H]2[C@@H](OC)/C=C/C[C@H](C)C1)C[C@@]1(CCCc2cc(Cl)ccc21)CO3. The number of fused-ring (bicyclic) bond motifs is 4. The number of aryl methyl sites for hydroxylation is 1. The largest absolute Gasteiger partial charge is 0.490 e. The zero-order chi connectivity index (χ0) is 35.0. The van der Waals surface area contributed by atoms with E-state index >= 15 is 0 Å². The van der Waals surface area contributed by atoms with Crippen LogP contribution in [0.3, 0.4) is 0 Å². The average Bonchev–Trinajstić information content (AvgIpc) is 3.82. The maximum Gasteiger partial charge on any atom is 0.285 e. The van der Waals surface area contributed by atoms with Crippen LogP contribution < -0.4 is 9.64 Å². The molecule has 1 spiro atoms. The van der Waals surface area contributed by atoms with Gasteiger partial charge in [-0.3, -0.25) is 9.59 Å². The van der Waals surface area contributed by atoms with Crippen molar-refractivity contribution < 1.29 is 28.0 Å². The number of carbonyl (C=O) groups is 2. The van der Waals surface area contributed by atoms with Gasteiger partial charge in [-0.1, -0.05) is 36.7 Å². The zero-order valence-corrected chi connectivity index (χ0v) is 31.2. The van der Waals surface area contributed by atoms with Crippen molar-refractivity contribution in [2.45, 2.75) is 69.8 Å². The van der Waals surface area contributed by atoms with E-state index in [4.69, 9.17) is 25.8 Å². The fourth-order valence-corrected chi connectivity index (χ4v) is 11.6. The quantitative estimate of drug-likeness (QED) is 0.277. The van der Waals surface area contributed by atoms with Crippen molar-refractivity contribution in [1.82, 2.24) is 0 Å². The predicted octanol–water partition coefficient (Wildman–Crippen LogP) is 7.30. The van der Waals surface area contributed by atoms with Gasteiger partial charge in [0.15, 0.2) is 0 Å². The van der Waals surface area contributed by atoms with E-state index < -0.39 is 15.6 Å². The highest BCUT2D eigenvalue weighted by molar-refractivity contribution is 7.94. The molecule has 5 aliphatic rings. The van der Waals surface area contributed by atoms with Crippen LogP contribution in [0.1, 0.15) is 73.4 Å². The van der Waals surface area contributed by atoms with Gasteiger partial charge in [-0.25, -0.2) is 4.21 Å². The van der Waals surface area contributed by atoms with Crippen LogP contribution in [0.25, 0.3) is 0 Å². The molecule has 2 fully saturated rings. The summed E-state index contributed by atoms with van der Waals surface area (Å²) in [7, 11) is 0.289. The first-order valence-corrected chi connectivity index (χ1v) is 20.6. The number of allylic oxidation sites excluding steroid dienone is 1. The van der Waals surface area contributed by atoms with Crippen LogP contribution in [0.4, 0.5) is 5.69 Å². The molecule has 2 saturated carbocycles. The second kappa shape index (κ2) is 14.7. The van der Waals surface area contributed by atoms with Crippen molar-refractivity contribution in [3.63, 3.8) is 0 Å². The fraction of sp³-hybridized carbons (Fsp3) is 0.600. The summed E-state index contributed by atoms with van der Waals surface area (Å²) in [6, 6.07) is 11.8. The number of ketones is 1. The standard InChI is InChI=1S/C40H51ClN2O6S/c1-26-6-4-8-37(48-3)34-12-9-29(34)20-43-24-40(15-5-7-27-17-32(41)11-13-35(27)40)25-49-38-14-10-28(19-36(38)43)39(45)42-50(46,22-26)23-33(44)18-30-16-31(30)21-47-2/h4,8,10-11,13-14,17,19,26,29-31,34,37H,5-7,9,12,15-16,18,20-25H2,1-3H3/b8-4+/t26-,29-,30-,31+,34+,37-,40-,50+/m0/s1. The van der Waals surface area contributed by atoms with Gasteiger partial charge in [-0.15, -0.1) is 0 Å². The van der Waals surface area contributed by atoms with E-state index in [1.165, 1.54) is 11.1 Å². The number of hydrogen-bond donors (Lipinski definition) is 0. The maximum atomic E-state index is 14.5. The molecule has 2 aromatic carbocycles. The van der Waals surface area contributed by atoms with E-state index in [0.717, 1.165) is 68.1 Å². The number of hydrogen-bond acceptors (Lipinski definition) is 7. The number of Topliss-reactive ketones (excluding diaryl/α,β-unsaturated/α-hetero) is 1. The summed E-state index contributed by atoms with van der Waals surface area (Å²) in [6.45, 7) is 4.73. The van der Waals surface area contributed by atoms with Crippen LogP contribution in [0.5, 0.6) is 5.75 Å². The number of carbonyl (C=O) groups excluding carboxylic acids is 2. The molecule has 50 heavy (non-hydrogen) atoms. The Balaban J connectivity index is 1.26. The Morgan fingerprint density at radius 3 is 2.80 bits per heavy atom. The monoisotopic (exact) mass is 722 g/mol. The van der Waals surface area contributed by atoms with Crippen molar-refractivity contribution >= 4 is 38.7 Å². The Hall–Kier alpha value is -2.72. The molecule has 10 heteroatoms. The predicted molar refractivity (Wildman–Crippen MR) is 198 cm³/mol. The Labute approximate surface area is 302 Å². The molecule has 0 unspecified atom stereocenters. The lowest BCUT2D eigenvalue weighted by Gasteiger charge is -2.46. The average molecular weight is 723 g/mol. The highest BCUT2D eigenvalue weighted by atomic mass is 35.5. The van der Waals surface area contributed by atoms with Crippen molar-refractivity contribution in [3.05, 3.63) is 70.3 Å². The molecule has 2 heterocycles. The van der Waals surface area contributed by atoms with Gasteiger partial charge < -0.3 is 19.1 Å². The van der Waals surface area contributed by atoms with Gasteiger partial charge in [-0.05, 0) is 116 Å². The number of methoxy groups -OCH3 is 2. The molecule has 0 N–H and O–H groups in total. The number of benzene rings is 2. The third-order valence-corrected chi connectivity index (χ3v) is 14.5. The van der Waals surface area contributed by atoms with Gasteiger partial charge in [-0.2, -0.15) is 4.36 Å². The summed E-state index contributed by atoms with van der Waals surface area (Å²) in [5.74, 6) is 1.44. The topological polar surface area (TPSA) is 94.5 Å². The highest BCUT2D eigenvalue weighted by Crippen LogP contribution is 2.47. The second-order valence-corrected chi connectivity index (χ2v) is 18.5.